The summed E-state index contributed by atoms with van der Waals surface area (Å²) in [4.78, 5) is 32.1. The summed E-state index contributed by atoms with van der Waals surface area (Å²) in [7, 11) is -2.70. The molecule has 13 nitrogen and oxygen atoms in total. The van der Waals surface area contributed by atoms with Gasteiger partial charge in [-0.15, -0.1) is 0 Å². The molecule has 0 bridgehead atoms. The first-order chi connectivity index (χ1) is 28.2. The predicted octanol–water partition coefficient (Wildman–Crippen LogP) is 8.20. The maximum Gasteiger partial charge on any atom is 0.320 e. The predicted molar refractivity (Wildman–Crippen MR) is 234 cm³/mol. The molecule has 0 atom stereocenters. The van der Waals surface area contributed by atoms with Crippen molar-refractivity contribution in [2.75, 3.05) is 69.7 Å². The number of piperidine rings is 1. The number of nitrogens with zero attached hydrogens (tertiary/aromatic N) is 4. The zero-order chi connectivity index (χ0) is 41.9. The van der Waals surface area contributed by atoms with Gasteiger partial charge in [0.15, 0.2) is 11.4 Å². The number of benzene rings is 4. The molecule has 4 aromatic carbocycles. The van der Waals surface area contributed by atoms with Crippen LogP contribution in [0.3, 0.4) is 0 Å². The second kappa shape index (κ2) is 18.0. The van der Waals surface area contributed by atoms with Crippen LogP contribution in [0.2, 0.25) is 5.02 Å². The summed E-state index contributed by atoms with van der Waals surface area (Å²) >= 11 is 9.69. The Labute approximate surface area is 358 Å². The number of rotatable bonds is 12. The molecule has 3 heterocycles. The van der Waals surface area contributed by atoms with Crippen LogP contribution in [0.15, 0.2) is 99.9 Å². The van der Waals surface area contributed by atoms with E-state index in [1.165, 1.54) is 23.8 Å². The number of hydrogen-bond acceptors (Lipinski definition) is 11. The van der Waals surface area contributed by atoms with E-state index >= 15 is 0 Å². The number of hydrogen-bond donors (Lipinski definition) is 2. The monoisotopic (exact) mass is 906 g/mol. The van der Waals surface area contributed by atoms with Crippen LogP contribution in [0.1, 0.15) is 49.0 Å². The summed E-state index contributed by atoms with van der Waals surface area (Å²) in [6, 6.07) is 23.9. The van der Waals surface area contributed by atoms with E-state index in [9.17, 15) is 23.3 Å². The SMILES string of the molecule is CN1CCC(Nc2c(Oc3cccc(Br)c3)cc(S(=O)(=O)NC(=O)c3ccccc3)c(N3CCN(CC4=C(c5ccc(Cl)cc5)CC(C)(C)OC4)CC3)c2[N+](=O)[O-])CC1. The molecule has 16 heteroatoms. The van der Waals surface area contributed by atoms with Crippen LogP contribution >= 0.6 is 27.5 Å². The van der Waals surface area contributed by atoms with Gasteiger partial charge in [0.05, 0.1) is 17.1 Å². The molecule has 2 saturated heterocycles. The average molecular weight is 908 g/mol. The second-order valence-corrected chi connectivity index (χ2v) is 18.9. The Morgan fingerprint density at radius 1 is 0.983 bits per heavy atom. The maximum absolute atomic E-state index is 14.5. The van der Waals surface area contributed by atoms with Crippen molar-refractivity contribution in [3.05, 3.63) is 121 Å². The van der Waals surface area contributed by atoms with E-state index in [2.05, 4.69) is 49.6 Å². The number of nitrogens with one attached hydrogen (secondary N) is 2. The lowest BCUT2D eigenvalue weighted by Crippen LogP contribution is -2.48. The molecule has 7 rings (SSSR count). The summed E-state index contributed by atoms with van der Waals surface area (Å²) < 4.78 is 44.5. The Balaban J connectivity index is 1.29. The van der Waals surface area contributed by atoms with Gasteiger partial charge < -0.3 is 24.6 Å². The van der Waals surface area contributed by atoms with E-state index in [0.29, 0.717) is 60.7 Å². The van der Waals surface area contributed by atoms with E-state index < -0.39 is 31.4 Å². The zero-order valence-corrected chi connectivity index (χ0v) is 36.4. The molecule has 1 amide bonds. The van der Waals surface area contributed by atoms with Gasteiger partial charge in [-0.1, -0.05) is 63.9 Å². The minimum atomic E-state index is -4.73. The molecule has 4 aromatic rings. The van der Waals surface area contributed by atoms with E-state index in [1.54, 1.807) is 41.3 Å². The fourth-order valence-corrected chi connectivity index (χ4v) is 9.55. The third kappa shape index (κ3) is 10.3. The van der Waals surface area contributed by atoms with Crippen molar-refractivity contribution in [1.82, 2.24) is 14.5 Å². The van der Waals surface area contributed by atoms with Crippen molar-refractivity contribution in [3.63, 3.8) is 0 Å². The Morgan fingerprint density at radius 2 is 1.68 bits per heavy atom. The number of anilines is 2. The molecule has 312 valence electrons. The number of halogens is 2. The van der Waals surface area contributed by atoms with Crippen LogP contribution in [0, 0.1) is 10.1 Å². The highest BCUT2D eigenvalue weighted by Gasteiger charge is 2.39. The lowest BCUT2D eigenvalue weighted by Gasteiger charge is -2.39. The fourth-order valence-electron chi connectivity index (χ4n) is 7.83. The van der Waals surface area contributed by atoms with Gasteiger partial charge in [0, 0.05) is 66.3 Å². The molecule has 0 saturated carbocycles. The number of nitro groups is 1. The van der Waals surface area contributed by atoms with Gasteiger partial charge in [0.1, 0.15) is 16.3 Å². The first-order valence-corrected chi connectivity index (χ1v) is 22.3. The first kappa shape index (κ1) is 42.6. The summed E-state index contributed by atoms with van der Waals surface area (Å²) in [5.74, 6) is -0.583. The number of carbonyl (C=O) groups is 1. The molecule has 0 unspecified atom stereocenters. The van der Waals surface area contributed by atoms with E-state index in [1.807, 2.05) is 37.4 Å². The van der Waals surface area contributed by atoms with Gasteiger partial charge in [-0.3, -0.25) is 19.8 Å². The van der Waals surface area contributed by atoms with Crippen LogP contribution < -0.4 is 19.7 Å². The van der Waals surface area contributed by atoms with Crippen molar-refractivity contribution in [2.24, 2.45) is 0 Å². The van der Waals surface area contributed by atoms with Crippen LogP contribution in [0.25, 0.3) is 5.57 Å². The van der Waals surface area contributed by atoms with Crippen molar-refractivity contribution in [3.8, 4) is 11.5 Å². The minimum absolute atomic E-state index is 0.0504. The topological polar surface area (TPSA) is 147 Å². The highest BCUT2D eigenvalue weighted by molar-refractivity contribution is 9.10. The molecule has 3 aliphatic heterocycles. The fraction of sp³-hybridized carbons (Fsp3) is 0.372. The molecule has 0 radical (unpaired) electrons. The van der Waals surface area contributed by atoms with Crippen molar-refractivity contribution >= 4 is 66.1 Å². The Hall–Kier alpha value is -4.51. The third-order valence-corrected chi connectivity index (χ3v) is 13.1. The van der Waals surface area contributed by atoms with Crippen molar-refractivity contribution < 1.29 is 27.6 Å². The summed E-state index contributed by atoms with van der Waals surface area (Å²) in [6.45, 7) is 8.24. The molecule has 0 aromatic heterocycles. The molecule has 2 fully saturated rings. The summed E-state index contributed by atoms with van der Waals surface area (Å²) in [6.07, 6.45) is 2.13. The summed E-state index contributed by atoms with van der Waals surface area (Å²) in [5, 5.41) is 17.6. The van der Waals surface area contributed by atoms with Gasteiger partial charge in [-0.2, -0.15) is 0 Å². The Kier molecular flexibility index (Phi) is 13.0. The number of piperazine rings is 1. The number of ether oxygens (including phenoxy) is 2. The van der Waals surface area contributed by atoms with Gasteiger partial charge in [-0.05, 0) is 106 Å². The first-order valence-electron chi connectivity index (χ1n) is 19.6. The zero-order valence-electron chi connectivity index (χ0n) is 33.2. The van der Waals surface area contributed by atoms with Gasteiger partial charge in [0.2, 0.25) is 0 Å². The van der Waals surface area contributed by atoms with E-state index in [4.69, 9.17) is 21.1 Å². The van der Waals surface area contributed by atoms with E-state index in [0.717, 1.165) is 24.2 Å². The van der Waals surface area contributed by atoms with E-state index in [-0.39, 0.29) is 47.4 Å². The summed E-state index contributed by atoms with van der Waals surface area (Å²) in [5.41, 5.74) is 2.72. The normalized spacial score (nSPS) is 18.1. The van der Waals surface area contributed by atoms with Crippen molar-refractivity contribution in [1.29, 1.82) is 0 Å². The average Bonchev–Trinajstić information content (AvgIpc) is 3.20. The van der Waals surface area contributed by atoms with Crippen LogP contribution in [0.5, 0.6) is 11.5 Å². The van der Waals surface area contributed by atoms with Crippen LogP contribution in [0.4, 0.5) is 17.1 Å². The molecule has 2 N–H and O–H groups in total. The van der Waals surface area contributed by atoms with Gasteiger partial charge in [-0.25, -0.2) is 13.1 Å². The largest absolute Gasteiger partial charge is 0.455 e. The molecule has 0 aliphatic carbocycles. The quantitative estimate of drug-likeness (QED) is 0.105. The Morgan fingerprint density at radius 3 is 2.34 bits per heavy atom. The molecule has 59 heavy (non-hydrogen) atoms. The highest BCUT2D eigenvalue weighted by Crippen LogP contribution is 2.49. The second-order valence-electron chi connectivity index (χ2n) is 15.9. The molecule has 0 spiro atoms. The van der Waals surface area contributed by atoms with Gasteiger partial charge >= 0.3 is 5.69 Å². The molecule has 3 aliphatic rings. The number of sulfonamides is 1. The molecular weight excluding hydrogens is 860 g/mol. The number of carbonyl (C=O) groups excluding carboxylic acids is 1. The lowest BCUT2D eigenvalue weighted by atomic mass is 9.87. The Bertz CT molecular complexity index is 2330. The number of likely N-dealkylation sites (tertiary alicyclic amines) is 1. The lowest BCUT2D eigenvalue weighted by molar-refractivity contribution is -0.383. The molecular formula is C43H48BrClN6O7S. The standard InChI is InChI=1S/C43H48BrClN6O7S/c1-43(2)26-36(29-12-14-33(45)15-13-29)31(28-57-43)27-49-20-22-50(23-21-49)40-38(59(55,56)47-42(52)30-8-5-4-6-9-30)25-37(58-35-11-7-10-32(44)24-35)39(41(40)51(53)54)46-34-16-18-48(3)19-17-34/h4-15,24-25,34,46H,16-23,26-28H2,1-3H3,(H,47,52). The highest BCUT2D eigenvalue weighted by atomic mass is 79.9. The van der Waals surface area contributed by atoms with Crippen molar-refractivity contribution in [2.45, 2.75) is 49.6 Å². The maximum atomic E-state index is 14.5. The smallest absolute Gasteiger partial charge is 0.320 e. The number of amides is 1. The van der Waals surface area contributed by atoms with Crippen LogP contribution in [-0.4, -0.2) is 100 Å². The third-order valence-electron chi connectivity index (χ3n) is 11.0. The minimum Gasteiger partial charge on any atom is -0.455 e. The van der Waals surface area contributed by atoms with Crippen LogP contribution in [-0.2, 0) is 14.8 Å². The number of nitro benzene ring substituents is 1. The van der Waals surface area contributed by atoms with Gasteiger partial charge in [0.25, 0.3) is 15.9 Å².